The van der Waals surface area contributed by atoms with Gasteiger partial charge >= 0.3 is 0 Å². The molecule has 0 unspecified atom stereocenters. The van der Waals surface area contributed by atoms with Crippen molar-refractivity contribution in [3.8, 4) is 34.2 Å². The molecular formula is C56H36N4S. The van der Waals surface area contributed by atoms with Crippen molar-refractivity contribution in [3.05, 3.63) is 241 Å². The van der Waals surface area contributed by atoms with E-state index in [9.17, 15) is 0 Å². The molecule has 0 N–H and O–H groups in total. The minimum Gasteiger partial charge on any atom is -0.310 e. The number of hydrogen-bond donors (Lipinski definition) is 0. The molecule has 0 amide bonds. The van der Waals surface area contributed by atoms with Gasteiger partial charge in [0, 0.05) is 42.6 Å². The summed E-state index contributed by atoms with van der Waals surface area (Å²) in [6.07, 6.45) is 0. The summed E-state index contributed by atoms with van der Waals surface area (Å²) in [4.78, 5) is 17.4. The SMILES string of the molecule is c1ccc(-c2nc(-c3ccccc3)nc(-c3ccc(N4c5ccccc5C(c5ccc6ccccc6c5)(c5cccc6c5sc5ccccc56)c5ccccc54)cc3)n2)cc1. The molecule has 286 valence electrons. The van der Waals surface area contributed by atoms with Gasteiger partial charge in [0.25, 0.3) is 0 Å². The van der Waals surface area contributed by atoms with Crippen molar-refractivity contribution in [2.45, 2.75) is 5.41 Å². The van der Waals surface area contributed by atoms with Gasteiger partial charge in [-0.15, -0.1) is 11.3 Å². The third-order valence-corrected chi connectivity index (χ3v) is 13.4. The van der Waals surface area contributed by atoms with Crippen LogP contribution in [-0.4, -0.2) is 15.0 Å². The summed E-state index contributed by atoms with van der Waals surface area (Å²) in [6.45, 7) is 0. The Morgan fingerprint density at radius 1 is 0.377 bits per heavy atom. The van der Waals surface area contributed by atoms with Crippen LogP contribution in [0.25, 0.3) is 65.1 Å². The Bertz CT molecular complexity index is 3330. The normalized spacial score (nSPS) is 13.0. The first-order valence-electron chi connectivity index (χ1n) is 20.6. The standard InChI is InChI=1S/C56H36N4S/c1-3-17-38(18-4-1)53-57-54(39-19-5-2-6-20-39)59-55(58-53)40-31-34-43(35-32-40)60-49-27-12-10-24-46(49)56(47-25-11-13-28-50(47)60,42-33-30-37-16-7-8-21-41(37)36-42)48-26-15-23-45-44-22-9-14-29-51(44)61-52(45)48/h1-36H. The predicted molar refractivity (Wildman–Crippen MR) is 253 cm³/mol. The first-order valence-corrected chi connectivity index (χ1v) is 21.4. The van der Waals surface area contributed by atoms with Crippen molar-refractivity contribution in [2.75, 3.05) is 4.90 Å². The Balaban J connectivity index is 1.07. The summed E-state index contributed by atoms with van der Waals surface area (Å²) in [5, 5.41) is 5.03. The van der Waals surface area contributed by atoms with Gasteiger partial charge in [-0.3, -0.25) is 0 Å². The summed E-state index contributed by atoms with van der Waals surface area (Å²) in [6, 6.07) is 78.4. The van der Waals surface area contributed by atoms with Crippen LogP contribution < -0.4 is 4.90 Å². The van der Waals surface area contributed by atoms with E-state index in [-0.39, 0.29) is 0 Å². The molecule has 0 fully saturated rings. The molecule has 0 atom stereocenters. The molecule has 12 rings (SSSR count). The highest BCUT2D eigenvalue weighted by Gasteiger charge is 2.47. The van der Waals surface area contributed by atoms with Gasteiger partial charge in [0.15, 0.2) is 17.5 Å². The van der Waals surface area contributed by atoms with Crippen molar-refractivity contribution in [1.29, 1.82) is 0 Å². The minimum atomic E-state index is -0.638. The van der Waals surface area contributed by atoms with Gasteiger partial charge in [-0.1, -0.05) is 170 Å². The van der Waals surface area contributed by atoms with E-state index >= 15 is 0 Å². The lowest BCUT2D eigenvalue weighted by Crippen LogP contribution is -2.37. The number of hydrogen-bond acceptors (Lipinski definition) is 5. The third kappa shape index (κ3) is 5.62. The lowest BCUT2D eigenvalue weighted by Gasteiger charge is -2.46. The van der Waals surface area contributed by atoms with Gasteiger partial charge in [0.2, 0.25) is 0 Å². The topological polar surface area (TPSA) is 41.9 Å². The lowest BCUT2D eigenvalue weighted by molar-refractivity contribution is 0.740. The number of fused-ring (bicyclic) bond motifs is 6. The summed E-state index contributed by atoms with van der Waals surface area (Å²) in [5.74, 6) is 1.92. The van der Waals surface area contributed by atoms with Gasteiger partial charge in [0.05, 0.1) is 16.8 Å². The van der Waals surface area contributed by atoms with E-state index in [0.717, 1.165) is 33.8 Å². The number of anilines is 3. The first-order chi connectivity index (χ1) is 30.2. The second-order valence-corrected chi connectivity index (χ2v) is 16.6. The summed E-state index contributed by atoms with van der Waals surface area (Å²) < 4.78 is 2.60. The third-order valence-electron chi connectivity index (χ3n) is 12.2. The van der Waals surface area contributed by atoms with Gasteiger partial charge < -0.3 is 4.90 Å². The number of nitrogens with zero attached hydrogens (tertiary/aromatic N) is 4. The van der Waals surface area contributed by atoms with E-state index < -0.39 is 5.41 Å². The molecule has 0 saturated heterocycles. The van der Waals surface area contributed by atoms with Gasteiger partial charge in [-0.05, 0) is 81.6 Å². The molecule has 0 radical (unpaired) electrons. The van der Waals surface area contributed by atoms with E-state index in [1.54, 1.807) is 0 Å². The van der Waals surface area contributed by atoms with Crippen LogP contribution in [0.2, 0.25) is 0 Å². The van der Waals surface area contributed by atoms with Crippen LogP contribution in [0.3, 0.4) is 0 Å². The average molecular weight is 797 g/mol. The van der Waals surface area contributed by atoms with E-state index in [2.05, 4.69) is 163 Å². The molecule has 3 heterocycles. The van der Waals surface area contributed by atoms with E-state index in [1.165, 1.54) is 53.2 Å². The molecule has 2 aromatic heterocycles. The predicted octanol–water partition coefficient (Wildman–Crippen LogP) is 14.6. The molecule has 0 bridgehead atoms. The molecule has 0 spiro atoms. The monoisotopic (exact) mass is 796 g/mol. The zero-order valence-electron chi connectivity index (χ0n) is 33.0. The molecule has 4 nitrogen and oxygen atoms in total. The van der Waals surface area contributed by atoms with Crippen LogP contribution in [0.5, 0.6) is 0 Å². The van der Waals surface area contributed by atoms with Gasteiger partial charge in [0.1, 0.15) is 0 Å². The van der Waals surface area contributed by atoms with Gasteiger partial charge in [-0.2, -0.15) is 0 Å². The fraction of sp³-hybridized carbons (Fsp3) is 0.0179. The molecular weight excluding hydrogens is 761 g/mol. The van der Waals surface area contributed by atoms with Crippen molar-refractivity contribution < 1.29 is 0 Å². The highest BCUT2D eigenvalue weighted by atomic mass is 32.1. The Hall–Kier alpha value is -7.73. The molecule has 61 heavy (non-hydrogen) atoms. The van der Waals surface area contributed by atoms with Crippen molar-refractivity contribution in [3.63, 3.8) is 0 Å². The van der Waals surface area contributed by atoms with Crippen LogP contribution in [0.1, 0.15) is 22.3 Å². The lowest BCUT2D eigenvalue weighted by atomic mass is 9.62. The Kier molecular flexibility index (Phi) is 8.22. The fourth-order valence-electron chi connectivity index (χ4n) is 9.44. The maximum absolute atomic E-state index is 5.03. The maximum Gasteiger partial charge on any atom is 0.164 e. The maximum atomic E-state index is 5.03. The van der Waals surface area contributed by atoms with Crippen molar-refractivity contribution in [1.82, 2.24) is 15.0 Å². The molecule has 1 aliphatic rings. The summed E-state index contributed by atoms with van der Waals surface area (Å²) >= 11 is 1.89. The fourth-order valence-corrected chi connectivity index (χ4v) is 10.7. The molecule has 9 aromatic carbocycles. The second-order valence-electron chi connectivity index (χ2n) is 15.5. The molecule has 0 aliphatic carbocycles. The van der Waals surface area contributed by atoms with E-state index in [4.69, 9.17) is 15.0 Å². The number of rotatable bonds is 6. The summed E-state index contributed by atoms with van der Waals surface area (Å²) in [5.41, 5.74) is 10.5. The van der Waals surface area contributed by atoms with Gasteiger partial charge in [-0.25, -0.2) is 15.0 Å². The van der Waals surface area contributed by atoms with Crippen LogP contribution in [0, 0.1) is 0 Å². The zero-order valence-corrected chi connectivity index (χ0v) is 33.8. The number of para-hydroxylation sites is 2. The van der Waals surface area contributed by atoms with Crippen LogP contribution in [-0.2, 0) is 5.41 Å². The Morgan fingerprint density at radius 3 is 1.54 bits per heavy atom. The highest BCUT2D eigenvalue weighted by Crippen LogP contribution is 2.59. The zero-order chi connectivity index (χ0) is 40.3. The van der Waals surface area contributed by atoms with E-state index in [0.29, 0.717) is 17.5 Å². The largest absolute Gasteiger partial charge is 0.310 e. The van der Waals surface area contributed by atoms with Crippen LogP contribution in [0.15, 0.2) is 218 Å². The molecule has 11 aromatic rings. The molecule has 0 saturated carbocycles. The minimum absolute atomic E-state index is 0.630. The van der Waals surface area contributed by atoms with Crippen LogP contribution >= 0.6 is 11.3 Å². The number of thiophene rings is 1. The van der Waals surface area contributed by atoms with Crippen molar-refractivity contribution >= 4 is 59.3 Å². The Morgan fingerprint density at radius 2 is 0.885 bits per heavy atom. The summed E-state index contributed by atoms with van der Waals surface area (Å²) in [7, 11) is 0. The molecule has 1 aliphatic heterocycles. The first kappa shape index (κ1) is 35.2. The Labute approximate surface area is 357 Å². The smallest absolute Gasteiger partial charge is 0.164 e. The van der Waals surface area contributed by atoms with Crippen molar-refractivity contribution in [2.24, 2.45) is 0 Å². The van der Waals surface area contributed by atoms with Crippen LogP contribution in [0.4, 0.5) is 17.1 Å². The average Bonchev–Trinajstić information content (AvgIpc) is 3.73. The second kappa shape index (κ2) is 14.2. The van der Waals surface area contributed by atoms with E-state index in [1.807, 2.05) is 72.0 Å². The molecule has 5 heteroatoms. The number of benzene rings is 9. The highest BCUT2D eigenvalue weighted by molar-refractivity contribution is 7.26. The quantitative estimate of drug-likeness (QED) is 0.168. The number of aromatic nitrogens is 3.